The smallest absolute Gasteiger partial charge is 0.298 e. The van der Waals surface area contributed by atoms with Crippen molar-refractivity contribution in [3.8, 4) is 0 Å². The average Bonchev–Trinajstić information content (AvgIpc) is 2.89. The van der Waals surface area contributed by atoms with E-state index in [9.17, 15) is 14.4 Å². The van der Waals surface area contributed by atoms with Crippen molar-refractivity contribution in [2.24, 2.45) is 23.7 Å². The monoisotopic (exact) mass is 612 g/mol. The van der Waals surface area contributed by atoms with Crippen LogP contribution in [0.2, 0.25) is 0 Å². The Morgan fingerprint density at radius 3 is 1.33 bits per heavy atom. The topological polar surface area (TPSA) is 107 Å². The molecule has 9 nitrogen and oxygen atoms in total. The van der Waals surface area contributed by atoms with Gasteiger partial charge in [0.15, 0.2) is 0 Å². The predicted molar refractivity (Wildman–Crippen MR) is 165 cm³/mol. The zero-order chi connectivity index (χ0) is 32.7. The van der Waals surface area contributed by atoms with Crippen molar-refractivity contribution in [1.29, 1.82) is 0 Å². The van der Waals surface area contributed by atoms with Crippen LogP contribution in [0.5, 0.6) is 0 Å². The first-order chi connectivity index (χ1) is 19.9. The standard InChI is InChI=1S/C34H60O9/c1-11-12-13-17-20-25-23-24-26(21-18-15-14-16-19-22-27(35)38-41-32(2,3)4)29(31(37)40-43-34(8,9)10)28(25)30(36)39-42-33(5,6)7/h23-26,28-29H,11-22H2,1-10H3. The van der Waals surface area contributed by atoms with E-state index < -0.39 is 40.6 Å². The van der Waals surface area contributed by atoms with Gasteiger partial charge >= 0.3 is 17.9 Å². The second kappa shape index (κ2) is 18.7. The molecule has 0 saturated heterocycles. The molecule has 0 aromatic heterocycles. The van der Waals surface area contributed by atoms with Crippen molar-refractivity contribution < 1.29 is 43.7 Å². The van der Waals surface area contributed by atoms with E-state index in [4.69, 9.17) is 29.3 Å². The molecular weight excluding hydrogens is 552 g/mol. The van der Waals surface area contributed by atoms with E-state index in [2.05, 4.69) is 19.1 Å². The Labute approximate surface area is 260 Å². The van der Waals surface area contributed by atoms with Crippen molar-refractivity contribution >= 4 is 17.9 Å². The third-order valence-corrected chi connectivity index (χ3v) is 6.90. The van der Waals surface area contributed by atoms with Gasteiger partial charge in [0.2, 0.25) is 0 Å². The normalized spacial score (nSPS) is 21.0. The van der Waals surface area contributed by atoms with Gasteiger partial charge in [-0.05, 0) is 93.4 Å². The second-order valence-corrected chi connectivity index (χ2v) is 14.8. The van der Waals surface area contributed by atoms with Gasteiger partial charge in [0.25, 0.3) is 0 Å². The zero-order valence-corrected chi connectivity index (χ0v) is 28.6. The fourth-order valence-electron chi connectivity index (χ4n) is 4.89. The lowest BCUT2D eigenvalue weighted by molar-refractivity contribution is -0.331. The van der Waals surface area contributed by atoms with Crippen LogP contribution in [-0.4, -0.2) is 34.7 Å². The van der Waals surface area contributed by atoms with E-state index in [0.29, 0.717) is 12.8 Å². The maximum atomic E-state index is 13.6. The van der Waals surface area contributed by atoms with Crippen molar-refractivity contribution in [3.05, 3.63) is 12.2 Å². The number of rotatable bonds is 18. The lowest BCUT2D eigenvalue weighted by Gasteiger charge is -2.37. The van der Waals surface area contributed by atoms with Crippen molar-refractivity contribution in [1.82, 2.24) is 0 Å². The molecule has 1 rings (SSSR count). The Kier molecular flexibility index (Phi) is 17.0. The molecule has 1 aliphatic carbocycles. The van der Waals surface area contributed by atoms with Crippen LogP contribution in [0, 0.1) is 23.7 Å². The van der Waals surface area contributed by atoms with Gasteiger partial charge in [-0.1, -0.05) is 70.4 Å². The summed E-state index contributed by atoms with van der Waals surface area (Å²) < 4.78 is 0. The molecule has 1 aliphatic rings. The third-order valence-electron chi connectivity index (χ3n) is 6.90. The van der Waals surface area contributed by atoms with E-state index in [1.165, 1.54) is 0 Å². The van der Waals surface area contributed by atoms with Gasteiger partial charge in [0.05, 0.1) is 11.8 Å². The summed E-state index contributed by atoms with van der Waals surface area (Å²) in [5.41, 5.74) is -1.90. The Bertz CT molecular complexity index is 861. The summed E-state index contributed by atoms with van der Waals surface area (Å²) in [7, 11) is 0. The first-order valence-electron chi connectivity index (χ1n) is 16.3. The van der Waals surface area contributed by atoms with Gasteiger partial charge in [-0.3, -0.25) is 14.7 Å². The van der Waals surface area contributed by atoms with Crippen LogP contribution < -0.4 is 0 Å². The highest BCUT2D eigenvalue weighted by atomic mass is 17.2. The largest absolute Gasteiger partial charge is 0.346 e. The van der Waals surface area contributed by atoms with Gasteiger partial charge in [-0.25, -0.2) is 14.4 Å². The summed E-state index contributed by atoms with van der Waals surface area (Å²) in [6.45, 7) is 18.4. The van der Waals surface area contributed by atoms with E-state index in [1.807, 2.05) is 20.8 Å². The second-order valence-electron chi connectivity index (χ2n) is 14.8. The molecular formula is C34H60O9. The Hall–Kier alpha value is -1.97. The van der Waals surface area contributed by atoms with Crippen LogP contribution in [0.25, 0.3) is 0 Å². The summed E-state index contributed by atoms with van der Waals surface area (Å²) in [6, 6.07) is 0. The van der Waals surface area contributed by atoms with Crippen molar-refractivity contribution in [2.75, 3.05) is 0 Å². The molecule has 0 radical (unpaired) electrons. The highest BCUT2D eigenvalue weighted by Gasteiger charge is 2.47. The molecule has 0 aromatic carbocycles. The number of hydrogen-bond donors (Lipinski definition) is 0. The van der Waals surface area contributed by atoms with Crippen LogP contribution in [0.3, 0.4) is 0 Å². The van der Waals surface area contributed by atoms with Gasteiger partial charge in [-0.15, -0.1) is 0 Å². The molecule has 9 heteroatoms. The summed E-state index contributed by atoms with van der Waals surface area (Å²) >= 11 is 0. The number of carbonyl (C=O) groups is 3. The zero-order valence-electron chi connectivity index (χ0n) is 28.6. The van der Waals surface area contributed by atoms with Gasteiger partial charge in [0.1, 0.15) is 16.8 Å². The van der Waals surface area contributed by atoms with E-state index in [-0.39, 0.29) is 17.8 Å². The first-order valence-corrected chi connectivity index (χ1v) is 16.3. The SMILES string of the molecule is CCCCCCC1C=CC(CCCCCCCC(=O)OOC(C)(C)C)C(C(=O)OOC(C)(C)C)C1C(=O)OOC(C)(C)C. The van der Waals surface area contributed by atoms with Crippen LogP contribution >= 0.6 is 0 Å². The number of carbonyl (C=O) groups excluding carboxylic acids is 3. The fraction of sp³-hybridized carbons (Fsp3) is 0.853. The Balaban J connectivity index is 2.92. The summed E-state index contributed by atoms with van der Waals surface area (Å²) in [6.07, 6.45) is 14.5. The van der Waals surface area contributed by atoms with Crippen LogP contribution in [0.15, 0.2) is 12.2 Å². The minimum absolute atomic E-state index is 0.168. The van der Waals surface area contributed by atoms with Gasteiger partial charge in [-0.2, -0.15) is 14.7 Å². The third kappa shape index (κ3) is 17.8. The van der Waals surface area contributed by atoms with Gasteiger partial charge < -0.3 is 0 Å². The molecule has 0 bridgehead atoms. The molecule has 0 aromatic rings. The number of allylic oxidation sites excluding steroid dienone is 2. The average molecular weight is 613 g/mol. The minimum atomic E-state index is -0.753. The summed E-state index contributed by atoms with van der Waals surface area (Å²) in [4.78, 5) is 70.4. The molecule has 0 fully saturated rings. The number of unbranched alkanes of at least 4 members (excludes halogenated alkanes) is 7. The van der Waals surface area contributed by atoms with Crippen LogP contribution in [-0.2, 0) is 43.7 Å². The highest BCUT2D eigenvalue weighted by molar-refractivity contribution is 5.83. The Morgan fingerprint density at radius 1 is 0.535 bits per heavy atom. The maximum Gasteiger partial charge on any atom is 0.346 e. The van der Waals surface area contributed by atoms with Crippen LogP contribution in [0.4, 0.5) is 0 Å². The lowest BCUT2D eigenvalue weighted by atomic mass is 9.67. The molecule has 250 valence electrons. The van der Waals surface area contributed by atoms with Crippen molar-refractivity contribution in [3.63, 3.8) is 0 Å². The Morgan fingerprint density at radius 2 is 0.907 bits per heavy atom. The molecule has 0 spiro atoms. The van der Waals surface area contributed by atoms with Gasteiger partial charge in [0, 0.05) is 6.42 Å². The quantitative estimate of drug-likeness (QED) is 0.0651. The van der Waals surface area contributed by atoms with E-state index in [1.54, 1.807) is 41.5 Å². The fourth-order valence-corrected chi connectivity index (χ4v) is 4.89. The molecule has 43 heavy (non-hydrogen) atoms. The predicted octanol–water partition coefficient (Wildman–Crippen LogP) is 8.54. The molecule has 0 saturated carbocycles. The molecule has 4 atom stereocenters. The molecule has 4 unspecified atom stereocenters. The van der Waals surface area contributed by atoms with E-state index >= 15 is 0 Å². The lowest BCUT2D eigenvalue weighted by Crippen LogP contribution is -2.44. The molecule has 0 aliphatic heterocycles. The highest BCUT2D eigenvalue weighted by Crippen LogP contribution is 2.41. The summed E-state index contributed by atoms with van der Waals surface area (Å²) in [5, 5.41) is 0. The minimum Gasteiger partial charge on any atom is -0.298 e. The maximum absolute atomic E-state index is 13.6. The molecule has 0 amide bonds. The van der Waals surface area contributed by atoms with E-state index in [0.717, 1.165) is 64.2 Å². The number of hydrogen-bond acceptors (Lipinski definition) is 9. The molecule has 0 heterocycles. The first kappa shape index (κ1) is 39.1. The summed E-state index contributed by atoms with van der Waals surface area (Å²) in [5.74, 6) is -3.34. The van der Waals surface area contributed by atoms with Crippen LogP contribution in [0.1, 0.15) is 146 Å². The molecule has 0 N–H and O–H groups in total. The van der Waals surface area contributed by atoms with Crippen molar-refractivity contribution in [2.45, 2.75) is 163 Å².